The molecule has 2 heterocycles. The summed E-state index contributed by atoms with van der Waals surface area (Å²) in [5.41, 5.74) is 0. The van der Waals surface area contributed by atoms with E-state index in [2.05, 4.69) is 44.8 Å². The highest BCUT2D eigenvalue weighted by molar-refractivity contribution is 7.99. The first kappa shape index (κ1) is 20.3. The standard InChI is InChI=1S/C21H28N4O2S/c1-2-22-21(24-14-20(26)23-13-18-7-6-12-27-18)25-11-10-17(15-25)16-28-19-8-4-3-5-9-19/h3-9,12,17H,2,10-11,13-16H2,1H3,(H,22,24)(H,23,26). The Labute approximate surface area is 170 Å². The molecule has 150 valence electrons. The van der Waals surface area contributed by atoms with Gasteiger partial charge >= 0.3 is 0 Å². The summed E-state index contributed by atoms with van der Waals surface area (Å²) < 4.78 is 5.22. The number of rotatable bonds is 8. The van der Waals surface area contributed by atoms with Crippen LogP contribution in [0.15, 0.2) is 63.0 Å². The number of nitrogens with one attached hydrogen (secondary N) is 2. The number of furan rings is 1. The Morgan fingerprint density at radius 2 is 2.11 bits per heavy atom. The number of carbonyl (C=O) groups is 1. The first-order chi connectivity index (χ1) is 13.7. The van der Waals surface area contributed by atoms with Gasteiger partial charge in [-0.3, -0.25) is 4.79 Å². The SMILES string of the molecule is CCNC(=NCC(=O)NCc1ccco1)N1CCC(CSc2ccccc2)C1. The molecular formula is C21H28N4O2S. The van der Waals surface area contributed by atoms with E-state index in [1.165, 1.54) is 4.90 Å². The number of amides is 1. The van der Waals surface area contributed by atoms with Gasteiger partial charge in [-0.15, -0.1) is 11.8 Å². The molecule has 1 fully saturated rings. The fraction of sp³-hybridized carbons (Fsp3) is 0.429. The second-order valence-corrected chi connectivity index (χ2v) is 7.84. The van der Waals surface area contributed by atoms with Gasteiger partial charge in [0.15, 0.2) is 5.96 Å². The molecule has 6 nitrogen and oxygen atoms in total. The van der Waals surface area contributed by atoms with Crippen molar-refractivity contribution < 1.29 is 9.21 Å². The van der Waals surface area contributed by atoms with Crippen molar-refractivity contribution in [1.29, 1.82) is 0 Å². The molecule has 1 aromatic heterocycles. The van der Waals surface area contributed by atoms with E-state index < -0.39 is 0 Å². The van der Waals surface area contributed by atoms with Crippen LogP contribution in [0.3, 0.4) is 0 Å². The smallest absolute Gasteiger partial charge is 0.242 e. The maximum Gasteiger partial charge on any atom is 0.242 e. The molecule has 1 aromatic carbocycles. The molecule has 2 N–H and O–H groups in total. The van der Waals surface area contributed by atoms with E-state index in [0.717, 1.165) is 43.5 Å². The maximum atomic E-state index is 12.1. The molecule has 0 aliphatic carbocycles. The number of guanidine groups is 1. The number of carbonyl (C=O) groups excluding carboxylic acids is 1. The molecule has 1 saturated heterocycles. The van der Waals surface area contributed by atoms with E-state index >= 15 is 0 Å². The molecule has 0 bridgehead atoms. The van der Waals surface area contributed by atoms with E-state index in [1.807, 2.05) is 36.9 Å². The van der Waals surface area contributed by atoms with Crippen LogP contribution in [-0.2, 0) is 11.3 Å². The van der Waals surface area contributed by atoms with Gasteiger partial charge in [0, 0.05) is 30.3 Å². The Balaban J connectivity index is 1.46. The minimum Gasteiger partial charge on any atom is -0.467 e. The molecule has 0 radical (unpaired) electrons. The molecule has 1 amide bonds. The van der Waals surface area contributed by atoms with Crippen LogP contribution in [0.5, 0.6) is 0 Å². The molecule has 1 unspecified atom stereocenters. The highest BCUT2D eigenvalue weighted by atomic mass is 32.2. The van der Waals surface area contributed by atoms with Crippen LogP contribution in [0, 0.1) is 5.92 Å². The lowest BCUT2D eigenvalue weighted by Crippen LogP contribution is -2.41. The fourth-order valence-corrected chi connectivity index (χ4v) is 4.17. The molecule has 0 spiro atoms. The van der Waals surface area contributed by atoms with Crippen LogP contribution in [0.25, 0.3) is 0 Å². The van der Waals surface area contributed by atoms with E-state index in [1.54, 1.807) is 6.26 Å². The van der Waals surface area contributed by atoms with Gasteiger partial charge in [0.1, 0.15) is 12.3 Å². The van der Waals surface area contributed by atoms with E-state index in [4.69, 9.17) is 4.42 Å². The van der Waals surface area contributed by atoms with Crippen LogP contribution in [-0.4, -0.2) is 48.7 Å². The van der Waals surface area contributed by atoms with Crippen molar-refractivity contribution in [2.45, 2.75) is 24.8 Å². The summed E-state index contributed by atoms with van der Waals surface area (Å²) in [6.07, 6.45) is 2.75. The quantitative estimate of drug-likeness (QED) is 0.405. The third-order valence-electron chi connectivity index (χ3n) is 4.56. The van der Waals surface area contributed by atoms with Crippen molar-refractivity contribution in [2.24, 2.45) is 10.9 Å². The van der Waals surface area contributed by atoms with Crippen molar-refractivity contribution in [2.75, 3.05) is 31.9 Å². The summed E-state index contributed by atoms with van der Waals surface area (Å²) in [6, 6.07) is 14.2. The average molecular weight is 401 g/mol. The van der Waals surface area contributed by atoms with Gasteiger partial charge in [-0.1, -0.05) is 18.2 Å². The van der Waals surface area contributed by atoms with Gasteiger partial charge in [-0.25, -0.2) is 4.99 Å². The highest BCUT2D eigenvalue weighted by Crippen LogP contribution is 2.25. The lowest BCUT2D eigenvalue weighted by molar-refractivity contribution is -0.119. The maximum absolute atomic E-state index is 12.1. The number of benzene rings is 1. The van der Waals surface area contributed by atoms with Crippen LogP contribution in [0.4, 0.5) is 0 Å². The predicted molar refractivity (Wildman–Crippen MR) is 113 cm³/mol. The zero-order valence-corrected chi connectivity index (χ0v) is 17.1. The van der Waals surface area contributed by atoms with Gasteiger partial charge < -0.3 is 20.0 Å². The van der Waals surface area contributed by atoms with Gasteiger partial charge in [0.25, 0.3) is 0 Å². The average Bonchev–Trinajstić information content (AvgIpc) is 3.41. The van der Waals surface area contributed by atoms with Crippen molar-refractivity contribution in [3.05, 3.63) is 54.5 Å². The third kappa shape index (κ3) is 6.34. The van der Waals surface area contributed by atoms with Crippen LogP contribution >= 0.6 is 11.8 Å². The summed E-state index contributed by atoms with van der Waals surface area (Å²) in [6.45, 7) is 5.28. The molecule has 1 aliphatic heterocycles. The number of aliphatic imine (C=N–C) groups is 1. The summed E-state index contributed by atoms with van der Waals surface area (Å²) in [7, 11) is 0. The van der Waals surface area contributed by atoms with Gasteiger partial charge in [0.05, 0.1) is 12.8 Å². The van der Waals surface area contributed by atoms with Gasteiger partial charge in [-0.05, 0) is 43.5 Å². The van der Waals surface area contributed by atoms with Crippen molar-refractivity contribution >= 4 is 23.6 Å². The van der Waals surface area contributed by atoms with E-state index in [-0.39, 0.29) is 12.5 Å². The van der Waals surface area contributed by atoms with Crippen molar-refractivity contribution in [1.82, 2.24) is 15.5 Å². The highest BCUT2D eigenvalue weighted by Gasteiger charge is 2.25. The largest absolute Gasteiger partial charge is 0.467 e. The number of hydrogen-bond donors (Lipinski definition) is 2. The van der Waals surface area contributed by atoms with E-state index in [9.17, 15) is 4.79 Å². The Morgan fingerprint density at radius 3 is 2.86 bits per heavy atom. The zero-order valence-electron chi connectivity index (χ0n) is 16.3. The summed E-state index contributed by atoms with van der Waals surface area (Å²) >= 11 is 1.91. The molecule has 1 atom stereocenters. The molecule has 7 heteroatoms. The van der Waals surface area contributed by atoms with E-state index in [0.29, 0.717) is 12.5 Å². The second-order valence-electron chi connectivity index (χ2n) is 6.75. The fourth-order valence-electron chi connectivity index (χ4n) is 3.12. The molecular weight excluding hydrogens is 372 g/mol. The first-order valence-corrected chi connectivity index (χ1v) is 10.7. The minimum absolute atomic E-state index is 0.109. The summed E-state index contributed by atoms with van der Waals surface area (Å²) in [5.74, 6) is 3.18. The Kier molecular flexibility index (Phi) is 7.84. The topological polar surface area (TPSA) is 69.9 Å². The van der Waals surface area contributed by atoms with Gasteiger partial charge in [-0.2, -0.15) is 0 Å². The molecule has 0 saturated carbocycles. The van der Waals surface area contributed by atoms with Crippen LogP contribution in [0.1, 0.15) is 19.1 Å². The molecule has 28 heavy (non-hydrogen) atoms. The lowest BCUT2D eigenvalue weighted by atomic mass is 10.2. The predicted octanol–water partition coefficient (Wildman–Crippen LogP) is 2.98. The van der Waals surface area contributed by atoms with Crippen LogP contribution < -0.4 is 10.6 Å². The normalized spacial score (nSPS) is 17.0. The monoisotopic (exact) mass is 400 g/mol. The Morgan fingerprint density at radius 1 is 1.25 bits per heavy atom. The molecule has 3 rings (SSSR count). The second kappa shape index (κ2) is 10.8. The lowest BCUT2D eigenvalue weighted by Gasteiger charge is -2.21. The van der Waals surface area contributed by atoms with Gasteiger partial charge in [0.2, 0.25) is 5.91 Å². The van der Waals surface area contributed by atoms with Crippen molar-refractivity contribution in [3.63, 3.8) is 0 Å². The third-order valence-corrected chi connectivity index (χ3v) is 5.81. The minimum atomic E-state index is -0.109. The zero-order chi connectivity index (χ0) is 19.6. The number of likely N-dealkylation sites (tertiary alicyclic amines) is 1. The van der Waals surface area contributed by atoms with Crippen molar-refractivity contribution in [3.8, 4) is 0 Å². The Hall–Kier alpha value is -2.41. The number of nitrogens with zero attached hydrogens (tertiary/aromatic N) is 2. The molecule has 1 aliphatic rings. The number of hydrogen-bond acceptors (Lipinski definition) is 4. The molecule has 2 aromatic rings. The summed E-state index contributed by atoms with van der Waals surface area (Å²) in [5, 5.41) is 6.15. The summed E-state index contributed by atoms with van der Waals surface area (Å²) in [4.78, 5) is 20.2. The first-order valence-electron chi connectivity index (χ1n) is 9.74. The number of thioether (sulfide) groups is 1. The van der Waals surface area contributed by atoms with Crippen LogP contribution in [0.2, 0.25) is 0 Å². The Bertz CT molecular complexity index is 749.